The van der Waals surface area contributed by atoms with E-state index in [1.807, 2.05) is 43.3 Å². The van der Waals surface area contributed by atoms with Crippen LogP contribution in [0.1, 0.15) is 5.56 Å². The Morgan fingerprint density at radius 1 is 1.16 bits per heavy atom. The molecule has 0 amide bonds. The summed E-state index contributed by atoms with van der Waals surface area (Å²) < 4.78 is 5.28. The number of anilines is 2. The lowest BCUT2D eigenvalue weighted by atomic mass is 10.1. The topological polar surface area (TPSA) is 49.4 Å². The predicted octanol–water partition coefficient (Wildman–Crippen LogP) is 1.24. The molecule has 0 spiro atoms. The van der Waals surface area contributed by atoms with Crippen LogP contribution < -0.4 is 22.5 Å². The smallest absolute Gasteiger partial charge is 0.391 e. The van der Waals surface area contributed by atoms with Crippen LogP contribution in [-0.2, 0) is 0 Å². The van der Waals surface area contributed by atoms with Crippen molar-refractivity contribution in [1.29, 1.82) is 5.39 Å². The number of aryl methyl sites for hydroxylation is 1. The van der Waals surface area contributed by atoms with Gasteiger partial charge >= 0.3 is 5.69 Å². The number of benzene rings is 2. The molecule has 4 nitrogen and oxygen atoms in total. The Bertz CT molecular complexity index is 594. The fourth-order valence-electron chi connectivity index (χ4n) is 1.73. The predicted molar refractivity (Wildman–Crippen MR) is 72.2 cm³/mol. The summed E-state index contributed by atoms with van der Waals surface area (Å²) in [5, 5.41) is 12.1. The highest BCUT2D eigenvalue weighted by Gasteiger charge is 2.15. The minimum Gasteiger partial charge on any atom is -1.00 e. The van der Waals surface area contributed by atoms with Crippen molar-refractivity contribution in [2.75, 3.05) is 12.4 Å². The standard InChI is InChI=1S/C14H14N3O.ClH/c1-10-8-13(14(18-2)9-12(10)17-15)16-11-6-4-3-5-7-11;/h3-9,16H,1-2H3;1H/q+1;/p-1. The summed E-state index contributed by atoms with van der Waals surface area (Å²) in [5.41, 5.74) is 3.19. The molecule has 2 aromatic rings. The van der Waals surface area contributed by atoms with Gasteiger partial charge in [0.2, 0.25) is 5.39 Å². The molecule has 0 fully saturated rings. The minimum atomic E-state index is 0. The molecule has 19 heavy (non-hydrogen) atoms. The molecule has 0 saturated carbocycles. The summed E-state index contributed by atoms with van der Waals surface area (Å²) in [6.45, 7) is 1.88. The van der Waals surface area contributed by atoms with Crippen molar-refractivity contribution in [3.05, 3.63) is 53.0 Å². The third-order valence-electron chi connectivity index (χ3n) is 2.68. The number of hydrogen-bond donors (Lipinski definition) is 1. The first kappa shape index (κ1) is 14.8. The molecule has 0 saturated heterocycles. The second-order valence-corrected chi connectivity index (χ2v) is 3.93. The molecule has 98 valence electrons. The number of halogens is 1. The van der Waals surface area contributed by atoms with Gasteiger partial charge in [-0.15, -0.1) is 0 Å². The molecule has 2 rings (SSSR count). The molecule has 1 N–H and O–H groups in total. The Morgan fingerprint density at radius 2 is 1.84 bits per heavy atom. The van der Waals surface area contributed by atoms with Crippen LogP contribution in [0.5, 0.6) is 5.75 Å². The average Bonchev–Trinajstić information content (AvgIpc) is 2.40. The lowest BCUT2D eigenvalue weighted by Crippen LogP contribution is -3.00. The van der Waals surface area contributed by atoms with E-state index in [-0.39, 0.29) is 12.4 Å². The molecule has 0 radical (unpaired) electrons. The summed E-state index contributed by atoms with van der Waals surface area (Å²) >= 11 is 0. The SMILES string of the molecule is COc1cc([N+]#N)c(C)cc1Nc1ccccc1.[Cl-]. The number of methoxy groups -OCH3 is 1. The summed E-state index contributed by atoms with van der Waals surface area (Å²) in [4.78, 5) is 3.22. The van der Waals surface area contributed by atoms with Crippen LogP contribution in [0.25, 0.3) is 4.98 Å². The Kier molecular flexibility index (Phi) is 5.16. The number of diazo groups is 1. The van der Waals surface area contributed by atoms with Crippen LogP contribution >= 0.6 is 0 Å². The number of nitrogens with zero attached hydrogens (tertiary/aromatic N) is 2. The molecule has 0 heterocycles. The van der Waals surface area contributed by atoms with Gasteiger partial charge in [0.1, 0.15) is 5.75 Å². The van der Waals surface area contributed by atoms with Crippen molar-refractivity contribution >= 4 is 17.1 Å². The van der Waals surface area contributed by atoms with E-state index >= 15 is 0 Å². The summed E-state index contributed by atoms with van der Waals surface area (Å²) in [5.74, 6) is 0.636. The van der Waals surface area contributed by atoms with Gasteiger partial charge in [-0.1, -0.05) is 18.2 Å². The van der Waals surface area contributed by atoms with Crippen molar-refractivity contribution in [2.45, 2.75) is 6.92 Å². The third kappa shape index (κ3) is 3.36. The van der Waals surface area contributed by atoms with E-state index in [1.54, 1.807) is 13.2 Å². The maximum atomic E-state index is 8.87. The Hall–Kier alpha value is -2.25. The van der Waals surface area contributed by atoms with Gasteiger partial charge in [0.25, 0.3) is 0 Å². The van der Waals surface area contributed by atoms with Crippen LogP contribution in [0.3, 0.4) is 0 Å². The third-order valence-corrected chi connectivity index (χ3v) is 2.68. The quantitative estimate of drug-likeness (QED) is 0.858. The molecule has 0 aliphatic rings. The maximum absolute atomic E-state index is 8.87. The van der Waals surface area contributed by atoms with Gasteiger partial charge in [-0.3, -0.25) is 0 Å². The molecule has 2 aromatic carbocycles. The number of hydrogen-bond acceptors (Lipinski definition) is 3. The summed E-state index contributed by atoms with van der Waals surface area (Å²) in [6.07, 6.45) is 0. The van der Waals surface area contributed by atoms with Gasteiger partial charge in [0.05, 0.1) is 18.9 Å². The zero-order chi connectivity index (χ0) is 13.0. The monoisotopic (exact) mass is 275 g/mol. The van der Waals surface area contributed by atoms with E-state index in [2.05, 4.69) is 10.3 Å². The van der Waals surface area contributed by atoms with Gasteiger partial charge in [-0.25, -0.2) is 0 Å². The second-order valence-electron chi connectivity index (χ2n) is 3.93. The van der Waals surface area contributed by atoms with Crippen molar-refractivity contribution in [3.8, 4) is 5.75 Å². The molecule has 5 heteroatoms. The molecular weight excluding hydrogens is 262 g/mol. The normalized spacial score (nSPS) is 9.11. The van der Waals surface area contributed by atoms with Gasteiger partial charge in [-0.2, -0.15) is 0 Å². The van der Waals surface area contributed by atoms with Crippen LogP contribution in [0, 0.1) is 12.3 Å². The first-order valence-electron chi connectivity index (χ1n) is 5.60. The first-order chi connectivity index (χ1) is 8.74. The highest BCUT2D eigenvalue weighted by molar-refractivity contribution is 5.72. The first-order valence-corrected chi connectivity index (χ1v) is 5.60. The zero-order valence-electron chi connectivity index (χ0n) is 10.7. The van der Waals surface area contributed by atoms with Crippen molar-refractivity contribution in [3.63, 3.8) is 0 Å². The molecule has 0 aromatic heterocycles. The van der Waals surface area contributed by atoms with Gasteiger partial charge in [0, 0.05) is 11.3 Å². The Morgan fingerprint density at radius 3 is 2.42 bits per heavy atom. The fraction of sp³-hybridized carbons (Fsp3) is 0.143. The van der Waals surface area contributed by atoms with Gasteiger partial charge < -0.3 is 22.5 Å². The maximum Gasteiger partial charge on any atom is 0.391 e. The molecule has 0 unspecified atom stereocenters. The Balaban J connectivity index is 0.00000180. The second kappa shape index (κ2) is 6.62. The molecule has 0 bridgehead atoms. The van der Waals surface area contributed by atoms with E-state index in [1.165, 1.54) is 0 Å². The van der Waals surface area contributed by atoms with Crippen molar-refractivity contribution in [2.24, 2.45) is 0 Å². The van der Waals surface area contributed by atoms with Crippen molar-refractivity contribution in [1.82, 2.24) is 0 Å². The fourth-order valence-corrected chi connectivity index (χ4v) is 1.73. The lowest BCUT2D eigenvalue weighted by Gasteiger charge is -2.10. The van der Waals surface area contributed by atoms with E-state index < -0.39 is 0 Å². The van der Waals surface area contributed by atoms with E-state index in [4.69, 9.17) is 10.1 Å². The number of nitrogens with one attached hydrogen (secondary N) is 1. The highest BCUT2D eigenvalue weighted by atomic mass is 35.5. The van der Waals surface area contributed by atoms with E-state index in [9.17, 15) is 0 Å². The van der Waals surface area contributed by atoms with Gasteiger partial charge in [-0.05, 0) is 25.1 Å². The van der Waals surface area contributed by atoms with Crippen LogP contribution in [-0.4, -0.2) is 7.11 Å². The van der Waals surface area contributed by atoms with Crippen LogP contribution in [0.4, 0.5) is 17.1 Å². The summed E-state index contributed by atoms with van der Waals surface area (Å²) in [7, 11) is 1.59. The number of ether oxygens (including phenoxy) is 1. The molecule has 0 aliphatic heterocycles. The zero-order valence-corrected chi connectivity index (χ0v) is 11.5. The lowest BCUT2D eigenvalue weighted by molar-refractivity contribution is -0.00000417. The number of para-hydroxylation sites is 1. The van der Waals surface area contributed by atoms with Crippen LogP contribution in [0.15, 0.2) is 42.5 Å². The minimum absolute atomic E-state index is 0. The highest BCUT2D eigenvalue weighted by Crippen LogP contribution is 2.34. The Labute approximate surface area is 118 Å². The largest absolute Gasteiger partial charge is 1.00 e. The molecule has 0 aliphatic carbocycles. The molecular formula is C14H14ClN3O. The van der Waals surface area contributed by atoms with Crippen LogP contribution in [0.2, 0.25) is 0 Å². The number of rotatable bonds is 3. The van der Waals surface area contributed by atoms with Gasteiger partial charge in [0.15, 0.2) is 4.98 Å². The van der Waals surface area contributed by atoms with Crippen molar-refractivity contribution < 1.29 is 17.1 Å². The van der Waals surface area contributed by atoms with E-state index in [0.717, 1.165) is 16.9 Å². The summed E-state index contributed by atoms with van der Waals surface area (Å²) in [6, 6.07) is 13.4. The van der Waals surface area contributed by atoms with E-state index in [0.29, 0.717) is 11.4 Å². The molecule has 0 atom stereocenters. The average molecular weight is 276 g/mol.